The van der Waals surface area contributed by atoms with Gasteiger partial charge in [0.2, 0.25) is 0 Å². The Balaban J connectivity index is 1.32. The van der Waals surface area contributed by atoms with Crippen LogP contribution >= 0.6 is 0 Å². The summed E-state index contributed by atoms with van der Waals surface area (Å²) in [5.74, 6) is 1.08. The molecule has 3 atom stereocenters. The van der Waals surface area contributed by atoms with Gasteiger partial charge in [-0.1, -0.05) is 24.3 Å². The number of para-hydroxylation sites is 1. The van der Waals surface area contributed by atoms with Crippen molar-refractivity contribution < 1.29 is 19.7 Å². The first kappa shape index (κ1) is 23.6. The molecule has 0 bridgehead atoms. The van der Waals surface area contributed by atoms with Gasteiger partial charge in [0.25, 0.3) is 0 Å². The van der Waals surface area contributed by atoms with Gasteiger partial charge in [-0.2, -0.15) is 0 Å². The molecule has 0 saturated carbocycles. The monoisotopic (exact) mass is 453 g/mol. The molecule has 0 radical (unpaired) electrons. The lowest BCUT2D eigenvalue weighted by Crippen LogP contribution is -2.41. The van der Waals surface area contributed by atoms with Gasteiger partial charge in [0.05, 0.1) is 24.8 Å². The van der Waals surface area contributed by atoms with E-state index in [1.807, 2.05) is 25.3 Å². The fraction of sp³-hybridized carbons (Fsp3) is 0.462. The molecule has 1 fully saturated rings. The summed E-state index contributed by atoms with van der Waals surface area (Å²) >= 11 is 0. The number of phenols is 1. The quantitative estimate of drug-likeness (QED) is 0.377. The number of phenolic OH excluding ortho intramolecular Hbond substituents is 1. The molecular formula is C26H35N3O4. The van der Waals surface area contributed by atoms with Crippen molar-refractivity contribution in [1.29, 1.82) is 0 Å². The number of hydrogen-bond acceptors (Lipinski definition) is 6. The summed E-state index contributed by atoms with van der Waals surface area (Å²) in [6, 6.07) is 12.8. The van der Waals surface area contributed by atoms with Crippen LogP contribution in [0.3, 0.4) is 0 Å². The Morgan fingerprint density at radius 1 is 1.12 bits per heavy atom. The molecule has 1 aromatic heterocycles. The number of ether oxygens (including phenoxy) is 2. The van der Waals surface area contributed by atoms with Crippen LogP contribution in [0.2, 0.25) is 0 Å². The van der Waals surface area contributed by atoms with Gasteiger partial charge in [-0.05, 0) is 56.1 Å². The number of aromatic nitrogens is 1. The average Bonchev–Trinajstić information content (AvgIpc) is 3.24. The molecule has 1 saturated heterocycles. The first-order valence-electron chi connectivity index (χ1n) is 11.8. The van der Waals surface area contributed by atoms with Crippen molar-refractivity contribution in [3.05, 3.63) is 59.8 Å². The normalized spacial score (nSPS) is 17.7. The van der Waals surface area contributed by atoms with Gasteiger partial charge in [0, 0.05) is 37.3 Å². The predicted molar refractivity (Wildman–Crippen MR) is 130 cm³/mol. The highest BCUT2D eigenvalue weighted by atomic mass is 16.5. The number of rotatable bonds is 10. The fourth-order valence-electron chi connectivity index (χ4n) is 4.40. The summed E-state index contributed by atoms with van der Waals surface area (Å²) in [6.45, 7) is 9.20. The highest BCUT2D eigenvalue weighted by Gasteiger charge is 2.18. The lowest BCUT2D eigenvalue weighted by Gasteiger charge is -2.29. The number of benzene rings is 2. The van der Waals surface area contributed by atoms with Gasteiger partial charge >= 0.3 is 0 Å². The summed E-state index contributed by atoms with van der Waals surface area (Å²) < 4.78 is 11.7. The second-order valence-corrected chi connectivity index (χ2v) is 8.86. The molecule has 0 unspecified atom stereocenters. The van der Waals surface area contributed by atoms with Gasteiger partial charge in [0.1, 0.15) is 17.6 Å². The zero-order valence-corrected chi connectivity index (χ0v) is 19.5. The summed E-state index contributed by atoms with van der Waals surface area (Å²) in [4.78, 5) is 5.78. The second kappa shape index (κ2) is 11.0. The zero-order chi connectivity index (χ0) is 23.2. The molecule has 3 aromatic rings. The number of nitrogens with one attached hydrogen (secondary N) is 2. The average molecular weight is 454 g/mol. The largest absolute Gasteiger partial charge is 0.508 e. The first-order valence-corrected chi connectivity index (χ1v) is 11.8. The Morgan fingerprint density at radius 2 is 1.88 bits per heavy atom. The van der Waals surface area contributed by atoms with E-state index in [1.54, 1.807) is 24.3 Å². The highest BCUT2D eigenvalue weighted by molar-refractivity contribution is 5.88. The zero-order valence-electron chi connectivity index (χ0n) is 19.5. The molecule has 4 N–H and O–H groups in total. The maximum Gasteiger partial charge on any atom is 0.143 e. The number of aliphatic hydroxyl groups is 1. The molecular weight excluding hydrogens is 418 g/mol. The third kappa shape index (κ3) is 6.06. The number of hydrogen-bond donors (Lipinski definition) is 4. The summed E-state index contributed by atoms with van der Waals surface area (Å²) in [5.41, 5.74) is 3.03. The third-order valence-electron chi connectivity index (χ3n) is 6.28. The van der Waals surface area contributed by atoms with Crippen molar-refractivity contribution in [2.45, 2.75) is 38.5 Å². The Labute approximate surface area is 195 Å². The Kier molecular flexibility index (Phi) is 7.88. The molecule has 4 rings (SSSR count). The fourth-order valence-corrected chi connectivity index (χ4v) is 4.40. The molecule has 1 aliphatic heterocycles. The van der Waals surface area contributed by atoms with Gasteiger partial charge in [-0.15, -0.1) is 0 Å². The SMILES string of the molecule is C[C@H](CN1CCOCC1)Oc1cccc2c(CCN[C@@H](C)[C@H](O)c3ccc(O)cc3)c[nH]c12. The lowest BCUT2D eigenvalue weighted by molar-refractivity contribution is 0.0220. The van der Waals surface area contributed by atoms with E-state index in [0.717, 1.165) is 62.6 Å². The molecule has 33 heavy (non-hydrogen) atoms. The summed E-state index contributed by atoms with van der Waals surface area (Å²) in [5, 5.41) is 24.6. The number of nitrogens with zero attached hydrogens (tertiary/aromatic N) is 1. The van der Waals surface area contributed by atoms with Crippen LogP contribution in [-0.4, -0.2) is 71.6 Å². The van der Waals surface area contributed by atoms with Crippen molar-refractivity contribution >= 4 is 10.9 Å². The molecule has 0 spiro atoms. The molecule has 0 amide bonds. The van der Waals surface area contributed by atoms with E-state index in [9.17, 15) is 10.2 Å². The second-order valence-electron chi connectivity index (χ2n) is 8.86. The van der Waals surface area contributed by atoms with Crippen LogP contribution in [0.5, 0.6) is 11.5 Å². The number of aromatic amines is 1. The molecule has 2 aromatic carbocycles. The molecule has 178 valence electrons. The number of aliphatic hydroxyl groups excluding tert-OH is 1. The van der Waals surface area contributed by atoms with Crippen molar-refractivity contribution in [1.82, 2.24) is 15.2 Å². The third-order valence-corrected chi connectivity index (χ3v) is 6.28. The van der Waals surface area contributed by atoms with Gasteiger partial charge in [-0.25, -0.2) is 0 Å². The molecule has 7 nitrogen and oxygen atoms in total. The number of aromatic hydroxyl groups is 1. The Morgan fingerprint density at radius 3 is 2.64 bits per heavy atom. The van der Waals surface area contributed by atoms with Crippen molar-refractivity contribution in [2.75, 3.05) is 39.4 Å². The maximum absolute atomic E-state index is 10.6. The first-order chi connectivity index (χ1) is 16.0. The molecule has 1 aliphatic rings. The minimum Gasteiger partial charge on any atom is -0.508 e. The Hall–Kier alpha value is -2.58. The number of fused-ring (bicyclic) bond motifs is 1. The van der Waals surface area contributed by atoms with Crippen LogP contribution in [0, 0.1) is 0 Å². The van der Waals surface area contributed by atoms with E-state index in [1.165, 1.54) is 10.9 Å². The van der Waals surface area contributed by atoms with Gasteiger partial charge < -0.3 is 30.0 Å². The minimum atomic E-state index is -0.637. The van der Waals surface area contributed by atoms with Crippen LogP contribution in [0.25, 0.3) is 10.9 Å². The van der Waals surface area contributed by atoms with E-state index in [2.05, 4.69) is 28.2 Å². The van der Waals surface area contributed by atoms with Crippen molar-refractivity contribution in [3.8, 4) is 11.5 Å². The lowest BCUT2D eigenvalue weighted by atomic mass is 10.0. The van der Waals surface area contributed by atoms with E-state index >= 15 is 0 Å². The summed E-state index contributed by atoms with van der Waals surface area (Å²) in [6.07, 6.45) is 2.33. The number of morpholine rings is 1. The standard InChI is InChI=1S/C26H35N3O4/c1-18(17-29-12-14-32-15-13-29)33-24-5-3-4-23-21(16-28-25(23)24)10-11-27-19(2)26(31)20-6-8-22(30)9-7-20/h3-9,16,18-19,26-28,30-31H,10-15,17H2,1-2H3/t18-,19+,26+/m1/s1. The highest BCUT2D eigenvalue weighted by Crippen LogP contribution is 2.28. The van der Waals surface area contributed by atoms with Crippen molar-refractivity contribution in [2.24, 2.45) is 0 Å². The van der Waals surface area contributed by atoms with E-state index < -0.39 is 6.10 Å². The van der Waals surface area contributed by atoms with Crippen LogP contribution < -0.4 is 10.1 Å². The number of H-pyrrole nitrogens is 1. The topological polar surface area (TPSA) is 90.0 Å². The van der Waals surface area contributed by atoms with Crippen LogP contribution in [0.15, 0.2) is 48.7 Å². The van der Waals surface area contributed by atoms with E-state index in [0.29, 0.717) is 0 Å². The van der Waals surface area contributed by atoms with Crippen LogP contribution in [0.4, 0.5) is 0 Å². The molecule has 2 heterocycles. The Bertz CT molecular complexity index is 1010. The smallest absolute Gasteiger partial charge is 0.143 e. The van der Waals surface area contributed by atoms with E-state index in [4.69, 9.17) is 9.47 Å². The van der Waals surface area contributed by atoms with Crippen LogP contribution in [0.1, 0.15) is 31.1 Å². The predicted octanol–water partition coefficient (Wildman–Crippen LogP) is 3.23. The molecule has 0 aliphatic carbocycles. The summed E-state index contributed by atoms with van der Waals surface area (Å²) in [7, 11) is 0. The maximum atomic E-state index is 10.6. The molecule has 7 heteroatoms. The minimum absolute atomic E-state index is 0.0874. The van der Waals surface area contributed by atoms with E-state index in [-0.39, 0.29) is 17.9 Å². The van der Waals surface area contributed by atoms with Crippen molar-refractivity contribution in [3.63, 3.8) is 0 Å². The van der Waals surface area contributed by atoms with Gasteiger partial charge in [-0.3, -0.25) is 4.90 Å². The van der Waals surface area contributed by atoms with Gasteiger partial charge in [0.15, 0.2) is 0 Å². The van der Waals surface area contributed by atoms with Crippen LogP contribution in [-0.2, 0) is 11.2 Å².